The first-order valence-electron chi connectivity index (χ1n) is 6.61. The number of hydrogen-bond donors (Lipinski definition) is 2. The minimum Gasteiger partial charge on any atom is -0.463 e. The van der Waals surface area contributed by atoms with Gasteiger partial charge in [-0.3, -0.25) is 9.48 Å². The lowest BCUT2D eigenvalue weighted by molar-refractivity contribution is -0.886. The van der Waals surface area contributed by atoms with Crippen LogP contribution in [0.5, 0.6) is 0 Å². The number of carbonyl (C=O) groups is 1. The van der Waals surface area contributed by atoms with E-state index in [0.29, 0.717) is 13.1 Å². The highest BCUT2D eigenvalue weighted by molar-refractivity contribution is 5.92. The van der Waals surface area contributed by atoms with Crippen LogP contribution in [-0.2, 0) is 18.4 Å². The molecule has 0 spiro atoms. The second-order valence-electron chi connectivity index (χ2n) is 5.11. The van der Waals surface area contributed by atoms with Crippen LogP contribution < -0.4 is 10.2 Å². The van der Waals surface area contributed by atoms with E-state index in [4.69, 9.17) is 4.42 Å². The molecule has 1 unspecified atom stereocenters. The van der Waals surface area contributed by atoms with Gasteiger partial charge in [-0.05, 0) is 26.0 Å². The number of carbonyl (C=O) groups excluding carboxylic acids is 1. The van der Waals surface area contributed by atoms with Crippen molar-refractivity contribution in [3.8, 4) is 0 Å². The van der Waals surface area contributed by atoms with E-state index >= 15 is 0 Å². The summed E-state index contributed by atoms with van der Waals surface area (Å²) in [5, 5.41) is 7.22. The summed E-state index contributed by atoms with van der Waals surface area (Å²) in [6.45, 7) is 4.90. The first kappa shape index (κ1) is 14.3. The van der Waals surface area contributed by atoms with E-state index in [1.165, 1.54) is 0 Å². The Morgan fingerprint density at radius 1 is 1.50 bits per heavy atom. The lowest BCUT2D eigenvalue weighted by Crippen LogP contribution is -3.08. The highest BCUT2D eigenvalue weighted by Gasteiger charge is 2.16. The monoisotopic (exact) mass is 277 g/mol. The average molecular weight is 277 g/mol. The van der Waals surface area contributed by atoms with Crippen LogP contribution in [0.25, 0.3) is 0 Å². The summed E-state index contributed by atoms with van der Waals surface area (Å²) >= 11 is 0. The Kier molecular flexibility index (Phi) is 4.24. The fourth-order valence-electron chi connectivity index (χ4n) is 2.19. The molecule has 6 nitrogen and oxygen atoms in total. The number of furan rings is 1. The van der Waals surface area contributed by atoms with Crippen LogP contribution >= 0.6 is 0 Å². The normalized spacial score (nSPS) is 12.4. The minimum atomic E-state index is -0.0201. The van der Waals surface area contributed by atoms with Crippen LogP contribution in [0.2, 0.25) is 0 Å². The number of rotatable bonds is 5. The van der Waals surface area contributed by atoms with Crippen molar-refractivity contribution in [2.75, 3.05) is 18.9 Å². The SMILES string of the molecule is Cc1nn(C)c(C)c1NC(=O)C[NH+](C)Cc1ccco1. The van der Waals surface area contributed by atoms with Crippen LogP contribution in [0.1, 0.15) is 17.1 Å². The maximum absolute atomic E-state index is 12.1. The fraction of sp³-hybridized carbons (Fsp3) is 0.429. The number of amides is 1. The van der Waals surface area contributed by atoms with Crippen molar-refractivity contribution in [3.05, 3.63) is 35.5 Å². The molecule has 0 saturated carbocycles. The third-order valence-electron chi connectivity index (χ3n) is 3.29. The lowest BCUT2D eigenvalue weighted by Gasteiger charge is -2.12. The van der Waals surface area contributed by atoms with E-state index in [1.54, 1.807) is 10.9 Å². The predicted octanol–water partition coefficient (Wildman–Crippen LogP) is 0.283. The highest BCUT2D eigenvalue weighted by Crippen LogP contribution is 2.17. The topological polar surface area (TPSA) is 64.5 Å². The predicted molar refractivity (Wildman–Crippen MR) is 75.5 cm³/mol. The molecule has 108 valence electrons. The van der Waals surface area contributed by atoms with E-state index < -0.39 is 0 Å². The number of nitrogens with zero attached hydrogens (tertiary/aromatic N) is 2. The molecule has 0 saturated heterocycles. The van der Waals surface area contributed by atoms with Crippen molar-refractivity contribution in [2.45, 2.75) is 20.4 Å². The summed E-state index contributed by atoms with van der Waals surface area (Å²) in [6, 6.07) is 3.77. The second-order valence-corrected chi connectivity index (χ2v) is 5.11. The maximum Gasteiger partial charge on any atom is 0.279 e. The fourth-order valence-corrected chi connectivity index (χ4v) is 2.19. The molecule has 0 fully saturated rings. The van der Waals surface area contributed by atoms with Gasteiger partial charge in [-0.2, -0.15) is 5.10 Å². The molecule has 0 aliphatic rings. The minimum absolute atomic E-state index is 0.0201. The largest absolute Gasteiger partial charge is 0.463 e. The molecule has 1 atom stereocenters. The van der Waals surface area contributed by atoms with Gasteiger partial charge in [-0.25, -0.2) is 0 Å². The lowest BCUT2D eigenvalue weighted by atomic mass is 10.3. The van der Waals surface area contributed by atoms with Crippen molar-refractivity contribution in [1.29, 1.82) is 0 Å². The van der Waals surface area contributed by atoms with Crippen molar-refractivity contribution in [1.82, 2.24) is 9.78 Å². The van der Waals surface area contributed by atoms with Gasteiger partial charge in [0.05, 0.1) is 30.4 Å². The zero-order chi connectivity index (χ0) is 14.7. The average Bonchev–Trinajstić information content (AvgIpc) is 2.94. The van der Waals surface area contributed by atoms with Gasteiger partial charge >= 0.3 is 0 Å². The molecule has 0 radical (unpaired) electrons. The summed E-state index contributed by atoms with van der Waals surface area (Å²) < 4.78 is 7.05. The van der Waals surface area contributed by atoms with Crippen LogP contribution in [0.3, 0.4) is 0 Å². The summed E-state index contributed by atoms with van der Waals surface area (Å²) in [4.78, 5) is 13.1. The van der Waals surface area contributed by atoms with Gasteiger partial charge in [0.25, 0.3) is 5.91 Å². The molecule has 2 rings (SSSR count). The smallest absolute Gasteiger partial charge is 0.279 e. The Balaban J connectivity index is 1.92. The summed E-state index contributed by atoms with van der Waals surface area (Å²) in [6.07, 6.45) is 1.64. The zero-order valence-electron chi connectivity index (χ0n) is 12.4. The first-order chi connectivity index (χ1) is 9.47. The number of nitrogens with one attached hydrogen (secondary N) is 2. The third kappa shape index (κ3) is 3.27. The molecule has 2 N–H and O–H groups in total. The number of aromatic nitrogens is 2. The summed E-state index contributed by atoms with van der Waals surface area (Å²) in [5.41, 5.74) is 2.60. The highest BCUT2D eigenvalue weighted by atomic mass is 16.3. The second kappa shape index (κ2) is 5.92. The van der Waals surface area contributed by atoms with Gasteiger partial charge in [-0.15, -0.1) is 0 Å². The molecule has 2 aromatic heterocycles. The molecular formula is C14H21N4O2+. The molecule has 0 aliphatic carbocycles. The molecule has 2 aromatic rings. The van der Waals surface area contributed by atoms with E-state index in [1.807, 2.05) is 40.1 Å². The molecule has 2 heterocycles. The van der Waals surface area contributed by atoms with Crippen molar-refractivity contribution in [2.24, 2.45) is 7.05 Å². The van der Waals surface area contributed by atoms with Gasteiger partial charge < -0.3 is 14.6 Å². The molecule has 20 heavy (non-hydrogen) atoms. The Hall–Kier alpha value is -2.08. The van der Waals surface area contributed by atoms with Gasteiger partial charge in [0.1, 0.15) is 6.54 Å². The van der Waals surface area contributed by atoms with Gasteiger partial charge in [0.2, 0.25) is 0 Å². The van der Waals surface area contributed by atoms with Crippen LogP contribution in [0.15, 0.2) is 22.8 Å². The van der Waals surface area contributed by atoms with Crippen molar-refractivity contribution >= 4 is 11.6 Å². The van der Waals surface area contributed by atoms with Crippen LogP contribution in [-0.4, -0.2) is 29.3 Å². The van der Waals surface area contributed by atoms with Gasteiger partial charge in [0, 0.05) is 7.05 Å². The molecule has 0 bridgehead atoms. The van der Waals surface area contributed by atoms with Crippen molar-refractivity contribution in [3.63, 3.8) is 0 Å². The number of anilines is 1. The van der Waals surface area contributed by atoms with Crippen molar-refractivity contribution < 1.29 is 14.1 Å². The zero-order valence-corrected chi connectivity index (χ0v) is 12.4. The Morgan fingerprint density at radius 3 is 2.80 bits per heavy atom. The maximum atomic E-state index is 12.1. The first-order valence-corrected chi connectivity index (χ1v) is 6.61. The number of aryl methyl sites for hydroxylation is 2. The molecule has 0 aromatic carbocycles. The third-order valence-corrected chi connectivity index (χ3v) is 3.29. The van der Waals surface area contributed by atoms with E-state index in [9.17, 15) is 4.79 Å². The Morgan fingerprint density at radius 2 is 2.25 bits per heavy atom. The molecule has 1 amide bonds. The van der Waals surface area contributed by atoms with E-state index in [2.05, 4.69) is 10.4 Å². The number of hydrogen-bond acceptors (Lipinski definition) is 3. The summed E-state index contributed by atoms with van der Waals surface area (Å²) in [5.74, 6) is 0.859. The van der Waals surface area contributed by atoms with Crippen LogP contribution in [0.4, 0.5) is 5.69 Å². The molecule has 6 heteroatoms. The van der Waals surface area contributed by atoms with Gasteiger partial charge in [0.15, 0.2) is 12.3 Å². The summed E-state index contributed by atoms with van der Waals surface area (Å²) in [7, 11) is 3.83. The van der Waals surface area contributed by atoms with E-state index in [-0.39, 0.29) is 5.91 Å². The van der Waals surface area contributed by atoms with Gasteiger partial charge in [-0.1, -0.05) is 0 Å². The number of quaternary nitrogens is 1. The Labute approximate surface area is 118 Å². The Bertz CT molecular complexity index is 587. The van der Waals surface area contributed by atoms with E-state index in [0.717, 1.165) is 27.7 Å². The number of likely N-dealkylation sites (N-methyl/N-ethyl adjacent to an activating group) is 1. The standard InChI is InChI=1S/C14H20N4O2/c1-10-14(11(2)18(4)16-10)15-13(19)9-17(3)8-12-6-5-7-20-12/h5-7H,8-9H2,1-4H3,(H,15,19)/p+1. The molecule has 0 aliphatic heterocycles. The van der Waals surface area contributed by atoms with Crippen LogP contribution in [0, 0.1) is 13.8 Å². The quantitative estimate of drug-likeness (QED) is 0.825. The molecular weight excluding hydrogens is 256 g/mol.